The molecule has 0 radical (unpaired) electrons. The van der Waals surface area contributed by atoms with Crippen LogP contribution in [-0.4, -0.2) is 14.0 Å². The Bertz CT molecular complexity index is 837. The predicted molar refractivity (Wildman–Crippen MR) is 78.8 cm³/mol. The number of thiazole rings is 1. The predicted octanol–water partition coefficient (Wildman–Crippen LogP) is 3.71. The molecule has 0 atom stereocenters. The van der Waals surface area contributed by atoms with Crippen molar-refractivity contribution in [1.82, 2.24) is 14.0 Å². The number of rotatable bonds is 2. The van der Waals surface area contributed by atoms with Crippen molar-refractivity contribution in [2.45, 2.75) is 13.5 Å². The van der Waals surface area contributed by atoms with Crippen LogP contribution in [0.4, 0.5) is 0 Å². The van der Waals surface area contributed by atoms with Gasteiger partial charge in [-0.1, -0.05) is 12.1 Å². The average molecular weight is 267 g/mol. The van der Waals surface area contributed by atoms with Crippen LogP contribution in [0.5, 0.6) is 0 Å². The van der Waals surface area contributed by atoms with Crippen LogP contribution in [-0.2, 0) is 6.54 Å². The van der Waals surface area contributed by atoms with E-state index in [1.54, 1.807) is 11.3 Å². The standard InChI is InChI=1S/C15H13N3S/c1-11-2-3-12-4-5-17(14(12)8-11)9-13-10-18-6-7-19-15(18)16-13/h2-8,10H,9H2,1H3. The van der Waals surface area contributed by atoms with E-state index >= 15 is 0 Å². The van der Waals surface area contributed by atoms with Crippen molar-refractivity contribution >= 4 is 27.2 Å². The van der Waals surface area contributed by atoms with Gasteiger partial charge in [0, 0.05) is 29.5 Å². The maximum atomic E-state index is 4.64. The first-order valence-electron chi connectivity index (χ1n) is 6.26. The van der Waals surface area contributed by atoms with Crippen molar-refractivity contribution in [2.75, 3.05) is 0 Å². The topological polar surface area (TPSA) is 22.2 Å². The zero-order chi connectivity index (χ0) is 12.8. The molecule has 4 heteroatoms. The Labute approximate surface area is 114 Å². The molecule has 0 amide bonds. The Morgan fingerprint density at radius 2 is 2.16 bits per heavy atom. The van der Waals surface area contributed by atoms with E-state index in [0.717, 1.165) is 17.2 Å². The lowest BCUT2D eigenvalue weighted by Gasteiger charge is -2.03. The first-order chi connectivity index (χ1) is 9.29. The Balaban J connectivity index is 1.78. The summed E-state index contributed by atoms with van der Waals surface area (Å²) in [5.41, 5.74) is 3.67. The second-order valence-corrected chi connectivity index (χ2v) is 5.70. The molecule has 0 aliphatic heterocycles. The van der Waals surface area contributed by atoms with Crippen molar-refractivity contribution < 1.29 is 0 Å². The van der Waals surface area contributed by atoms with Crippen LogP contribution in [0, 0.1) is 6.92 Å². The van der Waals surface area contributed by atoms with Crippen molar-refractivity contribution in [3.8, 4) is 0 Å². The summed E-state index contributed by atoms with van der Waals surface area (Å²) in [7, 11) is 0. The maximum absolute atomic E-state index is 4.64. The van der Waals surface area contributed by atoms with Gasteiger partial charge in [0.25, 0.3) is 0 Å². The van der Waals surface area contributed by atoms with Gasteiger partial charge in [0.15, 0.2) is 4.96 Å². The minimum atomic E-state index is 0.821. The SMILES string of the molecule is Cc1ccc2ccn(Cc3cn4ccsc4n3)c2c1. The summed E-state index contributed by atoms with van der Waals surface area (Å²) >= 11 is 1.67. The molecule has 0 spiro atoms. The van der Waals surface area contributed by atoms with Crippen LogP contribution in [0.3, 0.4) is 0 Å². The summed E-state index contributed by atoms with van der Waals surface area (Å²) in [6.07, 6.45) is 6.29. The third-order valence-electron chi connectivity index (χ3n) is 3.40. The van der Waals surface area contributed by atoms with E-state index in [1.807, 2.05) is 0 Å². The Morgan fingerprint density at radius 3 is 3.05 bits per heavy atom. The van der Waals surface area contributed by atoms with Crippen LogP contribution in [0.1, 0.15) is 11.3 Å². The summed E-state index contributed by atoms with van der Waals surface area (Å²) in [6.45, 7) is 2.95. The van der Waals surface area contributed by atoms with Gasteiger partial charge in [0.05, 0.1) is 12.2 Å². The van der Waals surface area contributed by atoms with E-state index < -0.39 is 0 Å². The van der Waals surface area contributed by atoms with E-state index in [9.17, 15) is 0 Å². The molecule has 4 aromatic rings. The summed E-state index contributed by atoms with van der Waals surface area (Å²) < 4.78 is 4.34. The first-order valence-corrected chi connectivity index (χ1v) is 7.14. The molecule has 1 aromatic carbocycles. The van der Waals surface area contributed by atoms with Crippen molar-refractivity contribution in [1.29, 1.82) is 0 Å². The molecule has 19 heavy (non-hydrogen) atoms. The van der Waals surface area contributed by atoms with Gasteiger partial charge in [-0.3, -0.25) is 4.40 Å². The highest BCUT2D eigenvalue weighted by molar-refractivity contribution is 7.15. The number of nitrogens with zero attached hydrogens (tertiary/aromatic N) is 3. The number of aryl methyl sites for hydroxylation is 1. The van der Waals surface area contributed by atoms with Gasteiger partial charge < -0.3 is 4.57 Å². The first kappa shape index (κ1) is 10.8. The van der Waals surface area contributed by atoms with Gasteiger partial charge in [-0.15, -0.1) is 11.3 Å². The number of fused-ring (bicyclic) bond motifs is 2. The molecule has 0 aliphatic carbocycles. The van der Waals surface area contributed by atoms with E-state index in [0.29, 0.717) is 0 Å². The summed E-state index contributed by atoms with van der Waals surface area (Å²) in [5, 5.41) is 3.34. The molecule has 94 valence electrons. The molecule has 0 saturated heterocycles. The molecular weight excluding hydrogens is 254 g/mol. The van der Waals surface area contributed by atoms with Crippen LogP contribution in [0.15, 0.2) is 48.2 Å². The molecule has 0 saturated carbocycles. The zero-order valence-electron chi connectivity index (χ0n) is 10.6. The van der Waals surface area contributed by atoms with E-state index in [4.69, 9.17) is 0 Å². The van der Waals surface area contributed by atoms with E-state index in [1.165, 1.54) is 16.5 Å². The van der Waals surface area contributed by atoms with Gasteiger partial charge in [-0.2, -0.15) is 0 Å². The van der Waals surface area contributed by atoms with Gasteiger partial charge in [-0.05, 0) is 30.0 Å². The minimum Gasteiger partial charge on any atom is -0.341 e. The zero-order valence-corrected chi connectivity index (χ0v) is 11.4. The van der Waals surface area contributed by atoms with Crippen LogP contribution in [0.25, 0.3) is 15.9 Å². The average Bonchev–Trinajstić information content (AvgIpc) is 3.04. The number of aromatic nitrogens is 3. The monoisotopic (exact) mass is 267 g/mol. The number of hydrogen-bond acceptors (Lipinski definition) is 2. The van der Waals surface area contributed by atoms with Crippen molar-refractivity contribution in [2.24, 2.45) is 0 Å². The molecule has 0 N–H and O–H groups in total. The van der Waals surface area contributed by atoms with Gasteiger partial charge in [-0.25, -0.2) is 4.98 Å². The Morgan fingerprint density at radius 1 is 1.21 bits per heavy atom. The van der Waals surface area contributed by atoms with Gasteiger partial charge in [0.2, 0.25) is 0 Å². The normalized spacial score (nSPS) is 11.6. The molecule has 0 aliphatic rings. The van der Waals surface area contributed by atoms with Crippen LogP contribution < -0.4 is 0 Å². The fourth-order valence-corrected chi connectivity index (χ4v) is 3.18. The van der Waals surface area contributed by atoms with Crippen molar-refractivity contribution in [3.05, 3.63) is 59.5 Å². The number of imidazole rings is 1. The molecule has 3 heterocycles. The van der Waals surface area contributed by atoms with E-state index in [-0.39, 0.29) is 0 Å². The number of hydrogen-bond donors (Lipinski definition) is 0. The molecular formula is C15H13N3S. The summed E-state index contributed by atoms with van der Waals surface area (Å²) in [5.74, 6) is 0. The van der Waals surface area contributed by atoms with Crippen LogP contribution in [0.2, 0.25) is 0 Å². The Kier molecular flexibility index (Phi) is 2.26. The molecule has 3 aromatic heterocycles. The lowest BCUT2D eigenvalue weighted by molar-refractivity contribution is 0.815. The Hall–Kier alpha value is -2.07. The molecule has 0 bridgehead atoms. The molecule has 4 rings (SSSR count). The maximum Gasteiger partial charge on any atom is 0.193 e. The minimum absolute atomic E-state index is 0.821. The summed E-state index contributed by atoms with van der Waals surface area (Å²) in [4.78, 5) is 5.70. The second-order valence-electron chi connectivity index (χ2n) is 4.83. The van der Waals surface area contributed by atoms with Gasteiger partial charge in [0.1, 0.15) is 0 Å². The number of benzene rings is 1. The smallest absolute Gasteiger partial charge is 0.193 e. The van der Waals surface area contributed by atoms with Crippen molar-refractivity contribution in [3.63, 3.8) is 0 Å². The highest BCUT2D eigenvalue weighted by Gasteiger charge is 2.06. The molecule has 0 fully saturated rings. The van der Waals surface area contributed by atoms with E-state index in [2.05, 4.69) is 69.1 Å². The second kappa shape index (κ2) is 3.96. The lowest BCUT2D eigenvalue weighted by atomic mass is 10.2. The lowest BCUT2D eigenvalue weighted by Crippen LogP contribution is -1.98. The molecule has 3 nitrogen and oxygen atoms in total. The highest BCUT2D eigenvalue weighted by atomic mass is 32.1. The quantitative estimate of drug-likeness (QED) is 0.543. The largest absolute Gasteiger partial charge is 0.341 e. The third kappa shape index (κ3) is 1.76. The molecule has 0 unspecified atom stereocenters. The fraction of sp³-hybridized carbons (Fsp3) is 0.133. The summed E-state index contributed by atoms with van der Waals surface area (Å²) in [6, 6.07) is 8.72. The fourth-order valence-electron chi connectivity index (χ4n) is 2.46. The van der Waals surface area contributed by atoms with Crippen LogP contribution >= 0.6 is 11.3 Å². The highest BCUT2D eigenvalue weighted by Crippen LogP contribution is 2.19. The van der Waals surface area contributed by atoms with Gasteiger partial charge >= 0.3 is 0 Å². The third-order valence-corrected chi connectivity index (χ3v) is 4.18.